The molecule has 0 aliphatic rings. The highest BCUT2D eigenvalue weighted by Gasteiger charge is 2.18. The van der Waals surface area contributed by atoms with Crippen molar-refractivity contribution in [2.75, 3.05) is 0 Å². The number of halogens is 1. The number of carbonyl (C=O) groups is 1. The third-order valence-electron chi connectivity index (χ3n) is 4.81. The Morgan fingerprint density at radius 1 is 1.19 bits per heavy atom. The fourth-order valence-corrected chi connectivity index (χ4v) is 3.74. The van der Waals surface area contributed by atoms with Gasteiger partial charge in [-0.05, 0) is 63.9 Å². The molecule has 6 heteroatoms. The molecule has 1 aromatic carbocycles. The van der Waals surface area contributed by atoms with Crippen molar-refractivity contribution < 1.29 is 4.79 Å². The van der Waals surface area contributed by atoms with Crippen LogP contribution >= 0.6 is 11.6 Å². The third kappa shape index (κ3) is 3.65. The summed E-state index contributed by atoms with van der Waals surface area (Å²) >= 11 is 6.29. The van der Waals surface area contributed by atoms with Gasteiger partial charge in [-0.1, -0.05) is 11.6 Å². The maximum atomic E-state index is 12.9. The highest BCUT2D eigenvalue weighted by atomic mass is 35.5. The van der Waals surface area contributed by atoms with Gasteiger partial charge in [-0.15, -0.1) is 0 Å². The molecule has 0 fully saturated rings. The molecule has 142 valence electrons. The predicted octanol–water partition coefficient (Wildman–Crippen LogP) is 4.42. The van der Waals surface area contributed by atoms with Crippen LogP contribution in [0.5, 0.6) is 0 Å². The topological polar surface area (TPSA) is 66.9 Å². The van der Waals surface area contributed by atoms with Crippen LogP contribution in [0.3, 0.4) is 0 Å². The van der Waals surface area contributed by atoms with Crippen LogP contribution < -0.4 is 10.9 Å². The summed E-state index contributed by atoms with van der Waals surface area (Å²) in [5.74, 6) is -0.244. The molecule has 0 saturated heterocycles. The summed E-state index contributed by atoms with van der Waals surface area (Å²) in [5, 5.41) is 4.27. The van der Waals surface area contributed by atoms with Gasteiger partial charge in [-0.2, -0.15) is 0 Å². The molecule has 27 heavy (non-hydrogen) atoms. The maximum absolute atomic E-state index is 12.9. The molecule has 2 heterocycles. The van der Waals surface area contributed by atoms with Gasteiger partial charge in [0, 0.05) is 40.4 Å². The number of benzene rings is 1. The monoisotopic (exact) mass is 385 g/mol. The zero-order chi connectivity index (χ0) is 19.9. The minimum atomic E-state index is -0.244. The Kier molecular flexibility index (Phi) is 5.16. The molecular formula is C21H24ClN3O2. The first kappa shape index (κ1) is 19.2. The average molecular weight is 386 g/mol. The molecule has 0 saturated carbocycles. The van der Waals surface area contributed by atoms with Crippen LogP contribution in [0.2, 0.25) is 5.02 Å². The maximum Gasteiger partial charge on any atom is 0.253 e. The van der Waals surface area contributed by atoms with Gasteiger partial charge in [0.25, 0.3) is 11.5 Å². The number of pyridine rings is 1. The third-order valence-corrected chi connectivity index (χ3v) is 5.03. The first-order valence-corrected chi connectivity index (χ1v) is 9.35. The summed E-state index contributed by atoms with van der Waals surface area (Å²) in [4.78, 5) is 27.9. The number of aromatic nitrogens is 2. The van der Waals surface area contributed by atoms with Gasteiger partial charge >= 0.3 is 0 Å². The molecule has 0 unspecified atom stereocenters. The Balaban J connectivity index is 1.98. The number of fused-ring (bicyclic) bond motifs is 1. The predicted molar refractivity (Wildman–Crippen MR) is 110 cm³/mol. The van der Waals surface area contributed by atoms with Crippen molar-refractivity contribution in [1.29, 1.82) is 0 Å². The van der Waals surface area contributed by atoms with Crippen molar-refractivity contribution >= 4 is 28.4 Å². The lowest BCUT2D eigenvalue weighted by molar-refractivity contribution is 0.0952. The van der Waals surface area contributed by atoms with Crippen molar-refractivity contribution in [2.45, 2.75) is 47.2 Å². The van der Waals surface area contributed by atoms with Crippen molar-refractivity contribution in [2.24, 2.45) is 0 Å². The summed E-state index contributed by atoms with van der Waals surface area (Å²) in [5.41, 5.74) is 4.52. The van der Waals surface area contributed by atoms with E-state index in [1.165, 1.54) is 0 Å². The first-order chi connectivity index (χ1) is 12.7. The second kappa shape index (κ2) is 7.24. The first-order valence-electron chi connectivity index (χ1n) is 8.97. The lowest BCUT2D eigenvalue weighted by Crippen LogP contribution is -2.28. The van der Waals surface area contributed by atoms with Crippen LogP contribution in [-0.2, 0) is 6.54 Å². The van der Waals surface area contributed by atoms with Gasteiger partial charge < -0.3 is 14.9 Å². The SMILES string of the molecule is Cc1cc(C)c(CNC(=O)c2cc(Cl)cc3c2c(C)cn3C(C)C)c(=O)[nH]1. The fourth-order valence-electron chi connectivity index (χ4n) is 3.52. The van der Waals surface area contributed by atoms with E-state index in [-0.39, 0.29) is 24.1 Å². The second-order valence-corrected chi connectivity index (χ2v) is 7.72. The van der Waals surface area contributed by atoms with E-state index in [0.29, 0.717) is 16.1 Å². The summed E-state index contributed by atoms with van der Waals surface area (Å²) in [6.07, 6.45) is 2.04. The van der Waals surface area contributed by atoms with Crippen LogP contribution in [0.25, 0.3) is 10.9 Å². The van der Waals surface area contributed by atoms with Gasteiger partial charge in [-0.25, -0.2) is 0 Å². The number of amides is 1. The highest BCUT2D eigenvalue weighted by Crippen LogP contribution is 2.30. The molecule has 0 aliphatic carbocycles. The van der Waals surface area contributed by atoms with Crippen molar-refractivity contribution in [3.05, 3.63) is 67.7 Å². The molecule has 3 rings (SSSR count). The quantitative estimate of drug-likeness (QED) is 0.698. The number of H-pyrrole nitrogens is 1. The second-order valence-electron chi connectivity index (χ2n) is 7.29. The van der Waals surface area contributed by atoms with E-state index in [4.69, 9.17) is 11.6 Å². The Hall–Kier alpha value is -2.53. The van der Waals surface area contributed by atoms with Gasteiger partial charge in [0.05, 0.1) is 11.1 Å². The fraction of sp³-hybridized carbons (Fsp3) is 0.333. The minimum Gasteiger partial charge on any atom is -0.348 e. The molecule has 3 aromatic rings. The number of nitrogens with one attached hydrogen (secondary N) is 2. The Morgan fingerprint density at radius 3 is 2.52 bits per heavy atom. The van der Waals surface area contributed by atoms with E-state index in [2.05, 4.69) is 28.7 Å². The molecule has 1 amide bonds. The average Bonchev–Trinajstić information content (AvgIpc) is 2.89. The number of aryl methyl sites for hydroxylation is 3. The molecule has 5 nitrogen and oxygen atoms in total. The van der Waals surface area contributed by atoms with Crippen molar-refractivity contribution in [3.63, 3.8) is 0 Å². The molecule has 0 atom stereocenters. The Bertz CT molecular complexity index is 1090. The summed E-state index contributed by atoms with van der Waals surface area (Å²) in [6, 6.07) is 5.72. The van der Waals surface area contributed by atoms with Crippen LogP contribution in [0.15, 0.2) is 29.2 Å². The van der Waals surface area contributed by atoms with E-state index in [0.717, 1.165) is 27.7 Å². The molecular weight excluding hydrogens is 362 g/mol. The number of nitrogens with zero attached hydrogens (tertiary/aromatic N) is 1. The van der Waals surface area contributed by atoms with Gasteiger partial charge in [0.15, 0.2) is 0 Å². The van der Waals surface area contributed by atoms with E-state index in [1.54, 1.807) is 6.07 Å². The highest BCUT2D eigenvalue weighted by molar-refractivity contribution is 6.32. The zero-order valence-corrected chi connectivity index (χ0v) is 17.0. The molecule has 2 aromatic heterocycles. The van der Waals surface area contributed by atoms with E-state index in [9.17, 15) is 9.59 Å². The van der Waals surface area contributed by atoms with E-state index >= 15 is 0 Å². The van der Waals surface area contributed by atoms with E-state index in [1.807, 2.05) is 39.1 Å². The van der Waals surface area contributed by atoms with Crippen LogP contribution in [0.1, 0.15) is 52.6 Å². The van der Waals surface area contributed by atoms with Gasteiger partial charge in [0.1, 0.15) is 0 Å². The molecule has 0 bridgehead atoms. The lowest BCUT2D eigenvalue weighted by Gasteiger charge is -2.12. The summed E-state index contributed by atoms with van der Waals surface area (Å²) in [6.45, 7) is 10.0. The van der Waals surface area contributed by atoms with Gasteiger partial charge in [-0.3, -0.25) is 9.59 Å². The number of aromatic amines is 1. The van der Waals surface area contributed by atoms with E-state index < -0.39 is 0 Å². The number of hydrogen-bond acceptors (Lipinski definition) is 2. The van der Waals surface area contributed by atoms with Crippen LogP contribution in [0, 0.1) is 20.8 Å². The number of hydrogen-bond donors (Lipinski definition) is 2. The number of rotatable bonds is 4. The minimum absolute atomic E-state index is 0.165. The largest absolute Gasteiger partial charge is 0.348 e. The Labute approximate surface area is 163 Å². The number of carbonyl (C=O) groups excluding carboxylic acids is 1. The normalized spacial score (nSPS) is 11.4. The smallest absolute Gasteiger partial charge is 0.253 e. The van der Waals surface area contributed by atoms with Crippen molar-refractivity contribution in [1.82, 2.24) is 14.9 Å². The lowest BCUT2D eigenvalue weighted by atomic mass is 10.1. The van der Waals surface area contributed by atoms with Crippen LogP contribution in [-0.4, -0.2) is 15.5 Å². The Morgan fingerprint density at radius 2 is 1.89 bits per heavy atom. The molecule has 0 spiro atoms. The molecule has 0 radical (unpaired) electrons. The molecule has 2 N–H and O–H groups in total. The van der Waals surface area contributed by atoms with Crippen LogP contribution in [0.4, 0.5) is 0 Å². The molecule has 0 aliphatic heterocycles. The summed E-state index contributed by atoms with van der Waals surface area (Å²) < 4.78 is 2.11. The van der Waals surface area contributed by atoms with Crippen molar-refractivity contribution in [3.8, 4) is 0 Å². The summed E-state index contributed by atoms with van der Waals surface area (Å²) in [7, 11) is 0. The zero-order valence-electron chi connectivity index (χ0n) is 16.2. The standard InChI is InChI=1S/C21H24ClN3O2/c1-11(2)25-10-13(4)19-16(7-15(22)8-18(19)25)20(26)23-9-17-12(3)6-14(5)24-21(17)27/h6-8,10-11H,9H2,1-5H3,(H,23,26)(H,24,27). The van der Waals surface area contributed by atoms with Gasteiger partial charge in [0.2, 0.25) is 0 Å².